The number of hydrogen-bond donors (Lipinski definition) is 2. The zero-order valence-corrected chi connectivity index (χ0v) is 22.5. The molecule has 0 spiro atoms. The second-order valence-electron chi connectivity index (χ2n) is 9.52. The third-order valence-electron chi connectivity index (χ3n) is 7.28. The van der Waals surface area contributed by atoms with Crippen LogP contribution in [0.4, 0.5) is 18.9 Å². The summed E-state index contributed by atoms with van der Waals surface area (Å²) in [6.07, 6.45) is -0.191. The number of ether oxygens (including phenoxy) is 1. The first-order valence-corrected chi connectivity index (χ1v) is 13.2. The number of nitrogens with zero attached hydrogens (tertiary/aromatic N) is 4. The molecule has 1 saturated carbocycles. The zero-order valence-electron chi connectivity index (χ0n) is 21.7. The van der Waals surface area contributed by atoms with E-state index in [4.69, 9.17) is 27.8 Å². The van der Waals surface area contributed by atoms with Gasteiger partial charge in [-0.3, -0.25) is 19.7 Å². The summed E-state index contributed by atoms with van der Waals surface area (Å²) in [7, 11) is 0. The number of amides is 1. The van der Waals surface area contributed by atoms with Crippen molar-refractivity contribution in [3.8, 4) is 0 Å². The van der Waals surface area contributed by atoms with Gasteiger partial charge in [0.05, 0.1) is 31.0 Å². The number of carbonyl (C=O) groups is 1. The third-order valence-corrected chi connectivity index (χ3v) is 7.40. The lowest BCUT2D eigenvalue weighted by molar-refractivity contribution is -0.155. The van der Waals surface area contributed by atoms with Crippen LogP contribution in [0, 0.1) is 0 Å². The Kier molecular flexibility index (Phi) is 10.2. The molecular formula is C26H36ClF3N6O2. The normalized spacial score (nSPS) is 20.3. The van der Waals surface area contributed by atoms with Crippen LogP contribution in [0.3, 0.4) is 0 Å². The van der Waals surface area contributed by atoms with Crippen LogP contribution in [-0.2, 0) is 22.1 Å². The van der Waals surface area contributed by atoms with E-state index in [-0.39, 0.29) is 23.1 Å². The number of nitrogen functional groups attached to an aromatic ring is 1. The fraction of sp³-hybridized carbons (Fsp3) is 0.577. The highest BCUT2D eigenvalue weighted by Gasteiger charge is 2.51. The number of amidine groups is 1. The minimum absolute atomic E-state index is 0.0887. The lowest BCUT2D eigenvalue weighted by atomic mass is 9.73. The van der Waals surface area contributed by atoms with Crippen LogP contribution in [0.25, 0.3) is 0 Å². The quantitative estimate of drug-likeness (QED) is 0.182. The van der Waals surface area contributed by atoms with Gasteiger partial charge in [0.2, 0.25) is 5.91 Å². The first-order chi connectivity index (χ1) is 18.1. The maximum Gasteiger partial charge on any atom is 0.416 e. The lowest BCUT2D eigenvalue weighted by Gasteiger charge is -2.52. The van der Waals surface area contributed by atoms with E-state index in [1.165, 1.54) is 0 Å². The number of alkyl halides is 4. The van der Waals surface area contributed by atoms with Crippen LogP contribution in [0.2, 0.25) is 0 Å². The molecule has 0 unspecified atom stereocenters. The standard InChI is InChI=1S/C17H26ClN5O2.C9H10F3N/c1-20-14-3-6-22(11-13(14)15(19)21-12-18)16(24)17(4-2-5-17)23-7-9-25-10-8-23;1-2-6-3-7(9(10,11)12)5-8(13)4-6/h1-12H2,(H2,19,21);3-5H,2,13H2,1H3. The predicted molar refractivity (Wildman–Crippen MR) is 144 cm³/mol. The molecule has 12 heteroatoms. The van der Waals surface area contributed by atoms with Crippen molar-refractivity contribution in [2.24, 2.45) is 15.7 Å². The zero-order chi connectivity index (χ0) is 27.9. The molecule has 1 aromatic carbocycles. The number of aliphatic imine (C=N–C) groups is 2. The molecule has 1 saturated heterocycles. The van der Waals surface area contributed by atoms with Crippen LogP contribution < -0.4 is 11.5 Å². The molecular weight excluding hydrogens is 521 g/mol. The van der Waals surface area contributed by atoms with Gasteiger partial charge in [0.15, 0.2) is 0 Å². The Bertz CT molecular complexity index is 1070. The lowest BCUT2D eigenvalue weighted by Crippen LogP contribution is -2.66. The number of hydrogen-bond acceptors (Lipinski definition) is 6. The van der Waals surface area contributed by atoms with Crippen molar-refractivity contribution in [3.63, 3.8) is 0 Å². The fourth-order valence-electron chi connectivity index (χ4n) is 5.04. The molecule has 38 heavy (non-hydrogen) atoms. The number of morpholine rings is 1. The summed E-state index contributed by atoms with van der Waals surface area (Å²) in [6.45, 7) is 9.49. The molecule has 2 aliphatic heterocycles. The summed E-state index contributed by atoms with van der Waals surface area (Å²) >= 11 is 5.68. The molecule has 0 aromatic heterocycles. The van der Waals surface area contributed by atoms with E-state index in [1.54, 1.807) is 13.0 Å². The molecule has 210 valence electrons. The first kappa shape index (κ1) is 29.9. The van der Waals surface area contributed by atoms with Crippen LogP contribution in [-0.4, -0.2) is 79.2 Å². The van der Waals surface area contributed by atoms with Gasteiger partial charge >= 0.3 is 6.18 Å². The van der Waals surface area contributed by atoms with Gasteiger partial charge in [-0.25, -0.2) is 0 Å². The third kappa shape index (κ3) is 6.86. The molecule has 4 rings (SSSR count). The topological polar surface area (TPSA) is 110 Å². The van der Waals surface area contributed by atoms with Crippen molar-refractivity contribution in [2.75, 3.05) is 51.1 Å². The number of benzene rings is 1. The number of rotatable bonds is 6. The van der Waals surface area contributed by atoms with Gasteiger partial charge in [0.1, 0.15) is 17.4 Å². The molecule has 1 amide bonds. The number of halogens is 4. The monoisotopic (exact) mass is 556 g/mol. The Morgan fingerprint density at radius 3 is 2.42 bits per heavy atom. The van der Waals surface area contributed by atoms with Gasteiger partial charge in [0.25, 0.3) is 0 Å². The van der Waals surface area contributed by atoms with Crippen molar-refractivity contribution in [3.05, 3.63) is 40.6 Å². The van der Waals surface area contributed by atoms with Crippen molar-refractivity contribution in [1.29, 1.82) is 0 Å². The summed E-state index contributed by atoms with van der Waals surface area (Å²) in [4.78, 5) is 25.7. The minimum atomic E-state index is -4.31. The van der Waals surface area contributed by atoms with Crippen molar-refractivity contribution in [2.45, 2.75) is 50.7 Å². The van der Waals surface area contributed by atoms with Crippen molar-refractivity contribution in [1.82, 2.24) is 9.80 Å². The summed E-state index contributed by atoms with van der Waals surface area (Å²) in [5.74, 6) is 0.545. The predicted octanol–water partition coefficient (Wildman–Crippen LogP) is 3.83. The molecule has 1 aliphatic carbocycles. The van der Waals surface area contributed by atoms with E-state index in [9.17, 15) is 18.0 Å². The molecule has 0 bridgehead atoms. The smallest absolute Gasteiger partial charge is 0.399 e. The summed E-state index contributed by atoms with van der Waals surface area (Å²) < 4.78 is 42.1. The Hall–Kier alpha value is -2.63. The highest BCUT2D eigenvalue weighted by molar-refractivity contribution is 6.18. The largest absolute Gasteiger partial charge is 0.416 e. The molecule has 2 fully saturated rings. The number of anilines is 1. The van der Waals surface area contributed by atoms with Gasteiger partial charge in [-0.1, -0.05) is 6.92 Å². The van der Waals surface area contributed by atoms with Gasteiger partial charge < -0.3 is 21.1 Å². The maximum atomic E-state index is 13.4. The van der Waals surface area contributed by atoms with E-state index in [2.05, 4.69) is 21.6 Å². The van der Waals surface area contributed by atoms with Crippen LogP contribution in [0.5, 0.6) is 0 Å². The van der Waals surface area contributed by atoms with Gasteiger partial charge in [0, 0.05) is 37.3 Å². The SMILES string of the molecule is C=NC1=C(/C(N)=N\CCl)CN(C(=O)C2(N3CCOCC3)CCC2)CC1.CCc1cc(N)cc(C(F)(F)F)c1. The molecule has 1 aromatic rings. The van der Waals surface area contributed by atoms with Crippen LogP contribution >= 0.6 is 11.6 Å². The van der Waals surface area contributed by atoms with E-state index >= 15 is 0 Å². The highest BCUT2D eigenvalue weighted by Crippen LogP contribution is 2.40. The molecule has 0 atom stereocenters. The van der Waals surface area contributed by atoms with Crippen LogP contribution in [0.15, 0.2) is 39.5 Å². The van der Waals surface area contributed by atoms with Crippen LogP contribution in [0.1, 0.15) is 43.7 Å². The van der Waals surface area contributed by atoms with E-state index in [0.717, 1.165) is 55.8 Å². The average Bonchev–Trinajstić information content (AvgIpc) is 2.88. The number of aryl methyl sites for hydroxylation is 1. The maximum absolute atomic E-state index is 13.4. The van der Waals surface area contributed by atoms with Crippen molar-refractivity contribution < 1.29 is 22.7 Å². The second kappa shape index (κ2) is 12.9. The molecule has 4 N–H and O–H groups in total. The minimum Gasteiger partial charge on any atom is -0.399 e. The van der Waals surface area contributed by atoms with Gasteiger partial charge in [-0.2, -0.15) is 13.2 Å². The first-order valence-electron chi connectivity index (χ1n) is 12.7. The second-order valence-corrected chi connectivity index (χ2v) is 9.76. The van der Waals surface area contributed by atoms with Gasteiger partial charge in [-0.15, -0.1) is 11.6 Å². The van der Waals surface area contributed by atoms with Crippen molar-refractivity contribution >= 4 is 35.7 Å². The summed E-state index contributed by atoms with van der Waals surface area (Å²) in [5.41, 5.74) is 12.7. The molecule has 8 nitrogen and oxygen atoms in total. The Morgan fingerprint density at radius 1 is 1.21 bits per heavy atom. The number of nitrogens with two attached hydrogens (primary N) is 2. The summed E-state index contributed by atoms with van der Waals surface area (Å²) in [6, 6.07) is 3.70. The Labute approximate surface area is 226 Å². The summed E-state index contributed by atoms with van der Waals surface area (Å²) in [5, 5.41) is 0. The van der Waals surface area contributed by atoms with E-state index in [1.807, 2.05) is 4.90 Å². The number of carbonyl (C=O) groups excluding carboxylic acids is 1. The molecule has 3 aliphatic rings. The Balaban J connectivity index is 0.000000260. The van der Waals surface area contributed by atoms with E-state index < -0.39 is 11.7 Å². The molecule has 2 heterocycles. The van der Waals surface area contributed by atoms with Gasteiger partial charge in [-0.05, 0) is 56.2 Å². The molecule has 0 radical (unpaired) electrons. The average molecular weight is 557 g/mol. The Morgan fingerprint density at radius 2 is 1.89 bits per heavy atom. The fourth-order valence-corrected chi connectivity index (χ4v) is 5.17. The van der Waals surface area contributed by atoms with E-state index in [0.29, 0.717) is 50.5 Å². The highest BCUT2D eigenvalue weighted by atomic mass is 35.5.